The molecule has 0 unspecified atom stereocenters. The molecule has 3 N–H and O–H groups in total. The largest absolute Gasteiger partial charge is 0.375 e. The maximum Gasteiger partial charge on any atom is 0.242 e. The van der Waals surface area contributed by atoms with Crippen LogP contribution in [0.3, 0.4) is 0 Å². The molecule has 2 aliphatic carbocycles. The average molecular weight is 309 g/mol. The Labute approximate surface area is 124 Å². The molecule has 0 aromatic heterocycles. The summed E-state index contributed by atoms with van der Waals surface area (Å²) < 4.78 is 27.2. The molecule has 2 aliphatic rings. The van der Waals surface area contributed by atoms with Crippen LogP contribution in [-0.2, 0) is 14.8 Å². The minimum atomic E-state index is -3.53. The standard InChI is InChI=1S/C14H19N3O3S/c18-14(16-10-5-6-10)9-15-12-3-1-2-4-13(12)21(19,20)17-11-7-8-11/h1-4,10-11,15,17H,5-9H2,(H,16,18). The molecule has 0 saturated heterocycles. The molecule has 1 aromatic carbocycles. The minimum absolute atomic E-state index is 0.0567. The van der Waals surface area contributed by atoms with E-state index in [4.69, 9.17) is 0 Å². The first kappa shape index (κ1) is 14.3. The number of rotatable bonds is 7. The van der Waals surface area contributed by atoms with Crippen molar-refractivity contribution in [2.75, 3.05) is 11.9 Å². The van der Waals surface area contributed by atoms with Crippen LogP contribution in [0, 0.1) is 0 Å². The fourth-order valence-corrected chi connectivity index (χ4v) is 3.50. The van der Waals surface area contributed by atoms with Gasteiger partial charge < -0.3 is 10.6 Å². The third-order valence-electron chi connectivity index (χ3n) is 3.46. The van der Waals surface area contributed by atoms with Crippen LogP contribution in [0.4, 0.5) is 5.69 Å². The number of para-hydroxylation sites is 1. The van der Waals surface area contributed by atoms with E-state index in [1.54, 1.807) is 24.3 Å². The smallest absolute Gasteiger partial charge is 0.242 e. The van der Waals surface area contributed by atoms with Gasteiger partial charge in [0, 0.05) is 12.1 Å². The van der Waals surface area contributed by atoms with Gasteiger partial charge in [-0.05, 0) is 37.8 Å². The first-order valence-corrected chi connectivity index (χ1v) is 8.67. The van der Waals surface area contributed by atoms with Crippen molar-refractivity contribution in [3.8, 4) is 0 Å². The highest BCUT2D eigenvalue weighted by molar-refractivity contribution is 7.89. The molecule has 1 amide bonds. The summed E-state index contributed by atoms with van der Waals surface area (Å²) in [6, 6.07) is 7.00. The summed E-state index contributed by atoms with van der Waals surface area (Å²) in [6.45, 7) is 0.0759. The third-order valence-corrected chi connectivity index (χ3v) is 5.04. The van der Waals surface area contributed by atoms with Crippen LogP contribution in [0.15, 0.2) is 29.2 Å². The van der Waals surface area contributed by atoms with Gasteiger partial charge in [0.15, 0.2) is 0 Å². The predicted molar refractivity (Wildman–Crippen MR) is 79.4 cm³/mol. The number of carbonyl (C=O) groups is 1. The molecule has 0 radical (unpaired) electrons. The number of hydrogen-bond acceptors (Lipinski definition) is 4. The summed E-state index contributed by atoms with van der Waals surface area (Å²) in [5.41, 5.74) is 0.455. The zero-order valence-corrected chi connectivity index (χ0v) is 12.4. The summed E-state index contributed by atoms with van der Waals surface area (Å²) in [5, 5.41) is 5.77. The van der Waals surface area contributed by atoms with E-state index in [0.717, 1.165) is 25.7 Å². The number of amides is 1. The normalized spacial score (nSPS) is 18.3. The zero-order valence-electron chi connectivity index (χ0n) is 11.6. The van der Waals surface area contributed by atoms with E-state index >= 15 is 0 Å². The Balaban J connectivity index is 1.67. The van der Waals surface area contributed by atoms with Gasteiger partial charge in [-0.1, -0.05) is 12.1 Å². The van der Waals surface area contributed by atoms with Crippen molar-refractivity contribution in [2.24, 2.45) is 0 Å². The van der Waals surface area contributed by atoms with Gasteiger partial charge in [0.2, 0.25) is 15.9 Å². The highest BCUT2D eigenvalue weighted by Crippen LogP contribution is 2.25. The first-order chi connectivity index (χ1) is 10.0. The van der Waals surface area contributed by atoms with Crippen LogP contribution in [0.1, 0.15) is 25.7 Å². The molecular weight excluding hydrogens is 290 g/mol. The van der Waals surface area contributed by atoms with Crippen LogP contribution in [-0.4, -0.2) is 33.0 Å². The van der Waals surface area contributed by atoms with E-state index in [2.05, 4.69) is 15.4 Å². The Morgan fingerprint density at radius 2 is 1.76 bits per heavy atom. The van der Waals surface area contributed by atoms with Gasteiger partial charge in [-0.25, -0.2) is 13.1 Å². The molecule has 3 rings (SSSR count). The molecular formula is C14H19N3O3S. The molecule has 6 nitrogen and oxygen atoms in total. The molecule has 1 aromatic rings. The Morgan fingerprint density at radius 1 is 1.10 bits per heavy atom. The highest BCUT2D eigenvalue weighted by Gasteiger charge is 2.29. The van der Waals surface area contributed by atoms with Crippen LogP contribution >= 0.6 is 0 Å². The molecule has 0 atom stereocenters. The number of nitrogens with one attached hydrogen (secondary N) is 3. The lowest BCUT2D eigenvalue weighted by molar-refractivity contribution is -0.119. The Bertz CT molecular complexity index is 637. The van der Waals surface area contributed by atoms with Crippen molar-refractivity contribution >= 4 is 21.6 Å². The van der Waals surface area contributed by atoms with E-state index < -0.39 is 10.0 Å². The lowest BCUT2D eigenvalue weighted by atomic mass is 10.3. The summed E-state index contributed by atoms with van der Waals surface area (Å²) in [4.78, 5) is 11.9. The maximum absolute atomic E-state index is 12.3. The SMILES string of the molecule is O=C(CNc1ccccc1S(=O)(=O)NC1CC1)NC1CC1. The Hall–Kier alpha value is -1.60. The van der Waals surface area contributed by atoms with E-state index in [0.29, 0.717) is 11.7 Å². The minimum Gasteiger partial charge on any atom is -0.375 e. The van der Waals surface area contributed by atoms with Gasteiger partial charge >= 0.3 is 0 Å². The lowest BCUT2D eigenvalue weighted by Gasteiger charge is -2.13. The fraction of sp³-hybridized carbons (Fsp3) is 0.500. The average Bonchev–Trinajstić information content (AvgIpc) is 3.34. The number of carbonyl (C=O) groups excluding carboxylic acids is 1. The monoisotopic (exact) mass is 309 g/mol. The summed E-state index contributed by atoms with van der Waals surface area (Å²) in [7, 11) is -3.53. The van der Waals surface area contributed by atoms with Crippen LogP contribution in [0.25, 0.3) is 0 Å². The van der Waals surface area contributed by atoms with Gasteiger partial charge in [-0.15, -0.1) is 0 Å². The van der Waals surface area contributed by atoms with E-state index in [1.807, 2.05) is 0 Å². The van der Waals surface area contributed by atoms with Gasteiger partial charge in [0.1, 0.15) is 4.90 Å². The second kappa shape index (κ2) is 5.65. The quantitative estimate of drug-likeness (QED) is 0.696. The van der Waals surface area contributed by atoms with Gasteiger partial charge in [0.25, 0.3) is 0 Å². The number of hydrogen-bond donors (Lipinski definition) is 3. The summed E-state index contributed by atoms with van der Waals surface area (Å²) in [6.07, 6.45) is 3.83. The molecule has 7 heteroatoms. The first-order valence-electron chi connectivity index (χ1n) is 7.19. The molecule has 0 spiro atoms. The van der Waals surface area contributed by atoms with Crippen molar-refractivity contribution in [1.29, 1.82) is 0 Å². The molecule has 114 valence electrons. The van der Waals surface area contributed by atoms with Crippen molar-refractivity contribution < 1.29 is 13.2 Å². The molecule has 2 fully saturated rings. The van der Waals surface area contributed by atoms with Gasteiger partial charge in [-0.2, -0.15) is 0 Å². The molecule has 0 bridgehead atoms. The van der Waals surface area contributed by atoms with Crippen molar-refractivity contribution in [3.05, 3.63) is 24.3 Å². The second-order valence-corrected chi connectivity index (χ2v) is 7.27. The molecule has 0 aliphatic heterocycles. The zero-order chi connectivity index (χ0) is 14.9. The topological polar surface area (TPSA) is 87.3 Å². The summed E-state index contributed by atoms with van der Waals surface area (Å²) >= 11 is 0. The van der Waals surface area contributed by atoms with Gasteiger partial charge in [-0.3, -0.25) is 4.79 Å². The predicted octanol–water partition coefficient (Wildman–Crippen LogP) is 0.818. The van der Waals surface area contributed by atoms with Crippen molar-refractivity contribution in [2.45, 2.75) is 42.7 Å². The molecule has 21 heavy (non-hydrogen) atoms. The third kappa shape index (κ3) is 3.95. The number of benzene rings is 1. The van der Waals surface area contributed by atoms with Gasteiger partial charge in [0.05, 0.1) is 12.2 Å². The van der Waals surface area contributed by atoms with E-state index in [9.17, 15) is 13.2 Å². The Morgan fingerprint density at radius 3 is 2.43 bits per heavy atom. The molecule has 0 heterocycles. The van der Waals surface area contributed by atoms with Crippen LogP contribution in [0.2, 0.25) is 0 Å². The maximum atomic E-state index is 12.3. The van der Waals surface area contributed by atoms with Crippen molar-refractivity contribution in [3.63, 3.8) is 0 Å². The van der Waals surface area contributed by atoms with E-state index in [-0.39, 0.29) is 23.4 Å². The Kier molecular flexibility index (Phi) is 3.86. The number of sulfonamides is 1. The molecule has 2 saturated carbocycles. The van der Waals surface area contributed by atoms with E-state index in [1.165, 1.54) is 0 Å². The van der Waals surface area contributed by atoms with Crippen LogP contribution < -0.4 is 15.4 Å². The second-order valence-electron chi connectivity index (χ2n) is 5.59. The highest BCUT2D eigenvalue weighted by atomic mass is 32.2. The van der Waals surface area contributed by atoms with Crippen LogP contribution in [0.5, 0.6) is 0 Å². The number of anilines is 1. The summed E-state index contributed by atoms with van der Waals surface area (Å²) in [5.74, 6) is -0.111. The van der Waals surface area contributed by atoms with Crippen molar-refractivity contribution in [1.82, 2.24) is 10.0 Å². The lowest BCUT2D eigenvalue weighted by Crippen LogP contribution is -2.32. The fourth-order valence-electron chi connectivity index (χ4n) is 2.01.